The van der Waals surface area contributed by atoms with Crippen LogP contribution in [0, 0.1) is 0 Å². The van der Waals surface area contributed by atoms with Gasteiger partial charge in [0.05, 0.1) is 18.8 Å². The Balaban J connectivity index is 1.72. The maximum absolute atomic E-state index is 11.7. The molecule has 0 unspecified atom stereocenters. The van der Waals surface area contributed by atoms with Crippen LogP contribution in [0.3, 0.4) is 0 Å². The molecule has 6 heteroatoms. The normalized spacial score (nSPS) is 14.2. The minimum absolute atomic E-state index is 0.0483. The van der Waals surface area contributed by atoms with Gasteiger partial charge in [-0.3, -0.25) is 4.79 Å². The summed E-state index contributed by atoms with van der Waals surface area (Å²) in [5.74, 6) is 0.687. The zero-order valence-corrected chi connectivity index (χ0v) is 10.9. The molecular weight excluding hydrogens is 244 g/mol. The Morgan fingerprint density at radius 2 is 2.26 bits per heavy atom. The third-order valence-corrected chi connectivity index (χ3v) is 2.75. The Morgan fingerprint density at radius 3 is 2.89 bits per heavy atom. The van der Waals surface area contributed by atoms with E-state index in [1.807, 2.05) is 0 Å². The molecule has 0 bridgehead atoms. The van der Waals surface area contributed by atoms with Gasteiger partial charge in [0.2, 0.25) is 0 Å². The minimum atomic E-state index is -0.0483. The van der Waals surface area contributed by atoms with Crippen LogP contribution in [-0.2, 0) is 4.74 Å². The van der Waals surface area contributed by atoms with E-state index in [1.54, 1.807) is 18.3 Å². The highest BCUT2D eigenvalue weighted by atomic mass is 16.5. The quantitative estimate of drug-likeness (QED) is 0.590. The molecule has 6 nitrogen and oxygen atoms in total. The van der Waals surface area contributed by atoms with E-state index in [9.17, 15) is 4.79 Å². The second-order valence-electron chi connectivity index (χ2n) is 4.51. The molecule has 0 aromatic carbocycles. The van der Waals surface area contributed by atoms with Crippen molar-refractivity contribution >= 4 is 11.7 Å². The van der Waals surface area contributed by atoms with Gasteiger partial charge in [-0.05, 0) is 25.0 Å². The fourth-order valence-electron chi connectivity index (χ4n) is 1.57. The van der Waals surface area contributed by atoms with Crippen molar-refractivity contribution in [3.8, 4) is 0 Å². The third-order valence-electron chi connectivity index (χ3n) is 2.75. The van der Waals surface area contributed by atoms with E-state index in [0.717, 1.165) is 18.7 Å². The van der Waals surface area contributed by atoms with Gasteiger partial charge in [0.1, 0.15) is 5.82 Å². The molecule has 1 fully saturated rings. The number of amides is 1. The lowest BCUT2D eigenvalue weighted by Crippen LogP contribution is -2.25. The molecule has 0 spiro atoms. The number of nitrogens with zero attached hydrogens (tertiary/aromatic N) is 1. The van der Waals surface area contributed by atoms with Gasteiger partial charge in [-0.25, -0.2) is 4.98 Å². The highest BCUT2D eigenvalue weighted by molar-refractivity contribution is 5.94. The molecule has 1 aromatic rings. The summed E-state index contributed by atoms with van der Waals surface area (Å²) in [6.45, 7) is 2.35. The average Bonchev–Trinajstić information content (AvgIpc) is 3.23. The van der Waals surface area contributed by atoms with Crippen molar-refractivity contribution in [2.75, 3.05) is 31.6 Å². The average molecular weight is 264 g/mol. The van der Waals surface area contributed by atoms with E-state index in [-0.39, 0.29) is 5.91 Å². The first-order valence-electron chi connectivity index (χ1n) is 6.58. The monoisotopic (exact) mass is 264 g/mol. The zero-order chi connectivity index (χ0) is 13.5. The molecule has 1 aromatic heterocycles. The molecule has 0 aliphatic heterocycles. The largest absolute Gasteiger partial charge is 0.378 e. The number of pyridine rings is 1. The third kappa shape index (κ3) is 4.84. The molecule has 1 saturated carbocycles. The SMILES string of the molecule is NCCOCCNc1ccc(C(=O)NC2CC2)cn1. The predicted octanol–water partition coefficient (Wildman–Crippen LogP) is 0.361. The minimum Gasteiger partial charge on any atom is -0.378 e. The van der Waals surface area contributed by atoms with Gasteiger partial charge in [0, 0.05) is 25.3 Å². The van der Waals surface area contributed by atoms with Crippen LogP contribution in [0.5, 0.6) is 0 Å². The molecule has 2 rings (SSSR count). The molecule has 0 radical (unpaired) electrons. The van der Waals surface area contributed by atoms with E-state index in [0.29, 0.717) is 37.9 Å². The Hall–Kier alpha value is -1.66. The van der Waals surface area contributed by atoms with Crippen molar-refractivity contribution < 1.29 is 9.53 Å². The zero-order valence-electron chi connectivity index (χ0n) is 10.9. The summed E-state index contributed by atoms with van der Waals surface area (Å²) in [5.41, 5.74) is 5.90. The van der Waals surface area contributed by atoms with Gasteiger partial charge < -0.3 is 21.1 Å². The fourth-order valence-corrected chi connectivity index (χ4v) is 1.57. The van der Waals surface area contributed by atoms with E-state index in [1.165, 1.54) is 0 Å². The van der Waals surface area contributed by atoms with Crippen LogP contribution in [0.2, 0.25) is 0 Å². The lowest BCUT2D eigenvalue weighted by atomic mass is 10.2. The highest BCUT2D eigenvalue weighted by Crippen LogP contribution is 2.19. The number of nitrogens with one attached hydrogen (secondary N) is 2. The van der Waals surface area contributed by atoms with Gasteiger partial charge in [0.15, 0.2) is 0 Å². The van der Waals surface area contributed by atoms with Crippen molar-refractivity contribution in [1.82, 2.24) is 10.3 Å². The number of hydrogen-bond donors (Lipinski definition) is 3. The van der Waals surface area contributed by atoms with Crippen LogP contribution < -0.4 is 16.4 Å². The van der Waals surface area contributed by atoms with Crippen molar-refractivity contribution in [3.05, 3.63) is 23.9 Å². The van der Waals surface area contributed by atoms with Crippen molar-refractivity contribution in [1.29, 1.82) is 0 Å². The lowest BCUT2D eigenvalue weighted by molar-refractivity contribution is 0.0950. The maximum Gasteiger partial charge on any atom is 0.253 e. The Morgan fingerprint density at radius 1 is 1.42 bits per heavy atom. The molecule has 4 N–H and O–H groups in total. The summed E-state index contributed by atoms with van der Waals surface area (Å²) in [7, 11) is 0. The van der Waals surface area contributed by atoms with E-state index in [4.69, 9.17) is 10.5 Å². The molecule has 1 amide bonds. The molecule has 1 heterocycles. The molecule has 0 saturated heterocycles. The number of rotatable bonds is 8. The molecule has 1 aliphatic rings. The first-order valence-corrected chi connectivity index (χ1v) is 6.58. The highest BCUT2D eigenvalue weighted by Gasteiger charge is 2.23. The van der Waals surface area contributed by atoms with E-state index >= 15 is 0 Å². The van der Waals surface area contributed by atoms with Gasteiger partial charge in [0.25, 0.3) is 5.91 Å². The van der Waals surface area contributed by atoms with Crippen LogP contribution in [0.15, 0.2) is 18.3 Å². The molecule has 0 atom stereocenters. The van der Waals surface area contributed by atoms with Crippen LogP contribution in [0.25, 0.3) is 0 Å². The first kappa shape index (κ1) is 13.8. The topological polar surface area (TPSA) is 89.3 Å². The van der Waals surface area contributed by atoms with Crippen molar-refractivity contribution in [2.45, 2.75) is 18.9 Å². The number of ether oxygens (including phenoxy) is 1. The van der Waals surface area contributed by atoms with Crippen LogP contribution in [0.4, 0.5) is 5.82 Å². The standard InChI is InChI=1S/C13H20N4O2/c14-5-7-19-8-6-15-12-4-1-10(9-16-12)13(18)17-11-2-3-11/h1,4,9,11H,2-3,5-8,14H2,(H,15,16)(H,17,18). The number of nitrogens with two attached hydrogens (primary N) is 1. The molecule has 104 valence electrons. The van der Waals surface area contributed by atoms with E-state index in [2.05, 4.69) is 15.6 Å². The summed E-state index contributed by atoms with van der Waals surface area (Å²) in [6, 6.07) is 3.93. The predicted molar refractivity (Wildman–Crippen MR) is 73.1 cm³/mol. The van der Waals surface area contributed by atoms with Gasteiger partial charge in [-0.1, -0.05) is 0 Å². The first-order chi connectivity index (χ1) is 9.29. The van der Waals surface area contributed by atoms with Crippen LogP contribution in [0.1, 0.15) is 23.2 Å². The number of carbonyl (C=O) groups excluding carboxylic acids is 1. The Kier molecular flexibility index (Phi) is 5.11. The smallest absolute Gasteiger partial charge is 0.253 e. The van der Waals surface area contributed by atoms with Gasteiger partial charge in [-0.2, -0.15) is 0 Å². The van der Waals surface area contributed by atoms with E-state index < -0.39 is 0 Å². The Bertz CT molecular complexity index is 404. The summed E-state index contributed by atoms with van der Waals surface area (Å²) >= 11 is 0. The van der Waals surface area contributed by atoms with Gasteiger partial charge >= 0.3 is 0 Å². The molecule has 1 aliphatic carbocycles. The molecule has 19 heavy (non-hydrogen) atoms. The van der Waals surface area contributed by atoms with Gasteiger partial charge in [-0.15, -0.1) is 0 Å². The molecular formula is C13H20N4O2. The number of hydrogen-bond acceptors (Lipinski definition) is 5. The number of anilines is 1. The summed E-state index contributed by atoms with van der Waals surface area (Å²) in [6.07, 6.45) is 3.75. The fraction of sp³-hybridized carbons (Fsp3) is 0.538. The summed E-state index contributed by atoms with van der Waals surface area (Å²) in [4.78, 5) is 15.9. The summed E-state index contributed by atoms with van der Waals surface area (Å²) < 4.78 is 5.24. The van der Waals surface area contributed by atoms with Crippen molar-refractivity contribution in [2.24, 2.45) is 5.73 Å². The van der Waals surface area contributed by atoms with Crippen LogP contribution >= 0.6 is 0 Å². The number of carbonyl (C=O) groups is 1. The maximum atomic E-state index is 11.7. The summed E-state index contributed by atoms with van der Waals surface area (Å²) in [5, 5.41) is 6.04. The lowest BCUT2D eigenvalue weighted by Gasteiger charge is -2.07. The van der Waals surface area contributed by atoms with Crippen molar-refractivity contribution in [3.63, 3.8) is 0 Å². The van der Waals surface area contributed by atoms with Crippen LogP contribution in [-0.4, -0.2) is 43.2 Å². The number of aromatic nitrogens is 1. The Labute approximate surface area is 112 Å². The second-order valence-corrected chi connectivity index (χ2v) is 4.51. The second kappa shape index (κ2) is 7.06.